The normalized spacial score (nSPS) is 20.6. The smallest absolute Gasteiger partial charge is 0.130 e. The van der Waals surface area contributed by atoms with Crippen LogP contribution in [-0.4, -0.2) is 36.1 Å². The van der Waals surface area contributed by atoms with Crippen LogP contribution in [-0.2, 0) is 6.54 Å². The minimum atomic E-state index is 0.443. The SMILES string of the molecule is CN(Cc1cnc(Cl)cc1Cl)C1CCNC1. The summed E-state index contributed by atoms with van der Waals surface area (Å²) in [6.45, 7) is 2.96. The summed E-state index contributed by atoms with van der Waals surface area (Å²) < 4.78 is 0. The molecule has 0 aliphatic carbocycles. The molecule has 5 heteroatoms. The van der Waals surface area contributed by atoms with Gasteiger partial charge in [0.15, 0.2) is 0 Å². The van der Waals surface area contributed by atoms with Crippen molar-refractivity contribution in [3.05, 3.63) is 28.0 Å². The number of aromatic nitrogens is 1. The second-order valence-corrected chi connectivity index (χ2v) is 4.95. The fourth-order valence-corrected chi connectivity index (χ4v) is 2.39. The number of halogens is 2. The van der Waals surface area contributed by atoms with Crippen LogP contribution >= 0.6 is 23.2 Å². The van der Waals surface area contributed by atoms with Crippen LogP contribution < -0.4 is 5.32 Å². The zero-order valence-corrected chi connectivity index (χ0v) is 10.7. The average Bonchev–Trinajstić information content (AvgIpc) is 2.75. The molecule has 1 N–H and O–H groups in total. The van der Waals surface area contributed by atoms with E-state index in [1.807, 2.05) is 0 Å². The first kappa shape index (κ1) is 12.1. The van der Waals surface area contributed by atoms with Gasteiger partial charge in [0.2, 0.25) is 0 Å². The van der Waals surface area contributed by atoms with E-state index in [0.717, 1.165) is 25.2 Å². The third kappa shape index (κ3) is 2.86. The summed E-state index contributed by atoms with van der Waals surface area (Å²) in [5, 5.41) is 4.49. The molecule has 2 rings (SSSR count). The average molecular weight is 260 g/mol. The van der Waals surface area contributed by atoms with E-state index in [1.165, 1.54) is 6.42 Å². The van der Waals surface area contributed by atoms with Gasteiger partial charge in [-0.15, -0.1) is 0 Å². The van der Waals surface area contributed by atoms with Gasteiger partial charge in [-0.25, -0.2) is 4.98 Å². The molecular formula is C11H15Cl2N3. The Balaban J connectivity index is 2.02. The highest BCUT2D eigenvalue weighted by molar-refractivity contribution is 6.34. The van der Waals surface area contributed by atoms with Crippen molar-refractivity contribution in [1.82, 2.24) is 15.2 Å². The number of nitrogens with one attached hydrogen (secondary N) is 1. The Morgan fingerprint density at radius 1 is 1.56 bits per heavy atom. The van der Waals surface area contributed by atoms with Crippen LogP contribution in [0.25, 0.3) is 0 Å². The lowest BCUT2D eigenvalue weighted by Crippen LogP contribution is -2.32. The second-order valence-electron chi connectivity index (χ2n) is 4.16. The number of rotatable bonds is 3. The number of likely N-dealkylation sites (N-methyl/N-ethyl adjacent to an activating group) is 1. The van der Waals surface area contributed by atoms with Crippen molar-refractivity contribution in [2.24, 2.45) is 0 Å². The molecule has 0 aromatic carbocycles. The molecule has 0 saturated carbocycles. The van der Waals surface area contributed by atoms with Gasteiger partial charge < -0.3 is 5.32 Å². The molecule has 1 aliphatic heterocycles. The van der Waals surface area contributed by atoms with Crippen molar-refractivity contribution in [3.63, 3.8) is 0 Å². The number of hydrogen-bond acceptors (Lipinski definition) is 3. The van der Waals surface area contributed by atoms with Gasteiger partial charge in [0, 0.05) is 35.9 Å². The molecule has 1 atom stereocenters. The summed E-state index contributed by atoms with van der Waals surface area (Å²) in [5.41, 5.74) is 1.03. The van der Waals surface area contributed by atoms with Crippen molar-refractivity contribution < 1.29 is 0 Å². The van der Waals surface area contributed by atoms with Crippen LogP contribution in [0.15, 0.2) is 12.3 Å². The molecule has 3 nitrogen and oxygen atoms in total. The van der Waals surface area contributed by atoms with Crippen molar-refractivity contribution in [2.75, 3.05) is 20.1 Å². The predicted octanol–water partition coefficient (Wildman–Crippen LogP) is 2.18. The molecule has 1 fully saturated rings. The third-order valence-corrected chi connectivity index (χ3v) is 3.53. The topological polar surface area (TPSA) is 28.2 Å². The summed E-state index contributed by atoms with van der Waals surface area (Å²) in [6, 6.07) is 2.28. The van der Waals surface area contributed by atoms with E-state index in [4.69, 9.17) is 23.2 Å². The monoisotopic (exact) mass is 259 g/mol. The maximum Gasteiger partial charge on any atom is 0.130 e. The zero-order chi connectivity index (χ0) is 11.5. The highest BCUT2D eigenvalue weighted by Gasteiger charge is 2.19. The lowest BCUT2D eigenvalue weighted by Gasteiger charge is -2.23. The highest BCUT2D eigenvalue weighted by Crippen LogP contribution is 2.21. The Labute approximate surface area is 106 Å². The van der Waals surface area contributed by atoms with E-state index in [9.17, 15) is 0 Å². The Morgan fingerprint density at radius 2 is 2.38 bits per heavy atom. The van der Waals surface area contributed by atoms with Gasteiger partial charge in [-0.05, 0) is 26.1 Å². The van der Waals surface area contributed by atoms with Crippen molar-refractivity contribution >= 4 is 23.2 Å². The molecule has 2 heterocycles. The lowest BCUT2D eigenvalue weighted by atomic mass is 10.2. The van der Waals surface area contributed by atoms with Crippen molar-refractivity contribution in [3.8, 4) is 0 Å². The highest BCUT2D eigenvalue weighted by atomic mass is 35.5. The standard InChI is InChI=1S/C11H15Cl2N3/c1-16(9-2-3-14-6-9)7-8-5-15-11(13)4-10(8)12/h4-5,9,14H,2-3,6-7H2,1H3. The molecule has 0 amide bonds. The first-order chi connectivity index (χ1) is 7.66. The summed E-state index contributed by atoms with van der Waals surface area (Å²) >= 11 is 11.9. The summed E-state index contributed by atoms with van der Waals surface area (Å²) in [6.07, 6.45) is 2.94. The molecule has 0 radical (unpaired) electrons. The van der Waals surface area contributed by atoms with Crippen LogP contribution in [0.3, 0.4) is 0 Å². The fraction of sp³-hybridized carbons (Fsp3) is 0.545. The van der Waals surface area contributed by atoms with E-state index in [1.54, 1.807) is 12.3 Å². The predicted molar refractivity (Wildman–Crippen MR) is 67.0 cm³/mol. The van der Waals surface area contributed by atoms with Crippen LogP contribution in [0, 0.1) is 0 Å². The van der Waals surface area contributed by atoms with Gasteiger partial charge in [0.05, 0.1) is 0 Å². The second kappa shape index (κ2) is 5.32. The Bertz CT molecular complexity index is 364. The Kier molecular flexibility index (Phi) is 4.03. The molecule has 1 unspecified atom stereocenters. The lowest BCUT2D eigenvalue weighted by molar-refractivity contribution is 0.248. The van der Waals surface area contributed by atoms with Crippen LogP contribution in [0.1, 0.15) is 12.0 Å². The van der Waals surface area contributed by atoms with E-state index in [-0.39, 0.29) is 0 Å². The van der Waals surface area contributed by atoms with Crippen LogP contribution in [0.4, 0.5) is 0 Å². The quantitative estimate of drug-likeness (QED) is 0.844. The number of nitrogens with zero attached hydrogens (tertiary/aromatic N) is 2. The van der Waals surface area contributed by atoms with Gasteiger partial charge in [-0.1, -0.05) is 23.2 Å². The maximum atomic E-state index is 6.11. The first-order valence-corrected chi connectivity index (χ1v) is 6.13. The molecule has 0 bridgehead atoms. The minimum Gasteiger partial charge on any atom is -0.315 e. The van der Waals surface area contributed by atoms with E-state index in [2.05, 4.69) is 22.2 Å². The fourth-order valence-electron chi connectivity index (χ4n) is 1.97. The summed E-state index contributed by atoms with van der Waals surface area (Å²) in [7, 11) is 2.11. The largest absolute Gasteiger partial charge is 0.315 e. The minimum absolute atomic E-state index is 0.443. The van der Waals surface area contributed by atoms with Gasteiger partial charge in [0.1, 0.15) is 5.15 Å². The van der Waals surface area contributed by atoms with Crippen molar-refractivity contribution in [1.29, 1.82) is 0 Å². The molecule has 16 heavy (non-hydrogen) atoms. The first-order valence-electron chi connectivity index (χ1n) is 5.37. The summed E-state index contributed by atoms with van der Waals surface area (Å²) in [4.78, 5) is 6.36. The third-order valence-electron chi connectivity index (χ3n) is 2.97. The number of hydrogen-bond donors (Lipinski definition) is 1. The van der Waals surface area contributed by atoms with E-state index in [0.29, 0.717) is 16.2 Å². The van der Waals surface area contributed by atoms with Gasteiger partial charge >= 0.3 is 0 Å². The maximum absolute atomic E-state index is 6.11. The molecule has 1 aromatic heterocycles. The molecule has 88 valence electrons. The van der Waals surface area contributed by atoms with E-state index < -0.39 is 0 Å². The Hall–Kier alpha value is -0.350. The molecular weight excluding hydrogens is 245 g/mol. The van der Waals surface area contributed by atoms with E-state index >= 15 is 0 Å². The van der Waals surface area contributed by atoms with Gasteiger partial charge in [-0.3, -0.25) is 4.90 Å². The molecule has 1 aromatic rings. The Morgan fingerprint density at radius 3 is 3.00 bits per heavy atom. The molecule has 1 saturated heterocycles. The number of pyridine rings is 1. The van der Waals surface area contributed by atoms with Crippen molar-refractivity contribution in [2.45, 2.75) is 19.0 Å². The summed E-state index contributed by atoms with van der Waals surface area (Å²) in [5.74, 6) is 0. The van der Waals surface area contributed by atoms with Crippen LogP contribution in [0.2, 0.25) is 10.2 Å². The van der Waals surface area contributed by atoms with Crippen LogP contribution in [0.5, 0.6) is 0 Å². The van der Waals surface area contributed by atoms with Gasteiger partial charge in [-0.2, -0.15) is 0 Å². The molecule has 0 spiro atoms. The molecule has 1 aliphatic rings. The van der Waals surface area contributed by atoms with Gasteiger partial charge in [0.25, 0.3) is 0 Å². The zero-order valence-electron chi connectivity index (χ0n) is 9.21.